The molecule has 0 atom stereocenters. The lowest BCUT2D eigenvalue weighted by atomic mass is 9.97. The molecule has 0 radical (unpaired) electrons. The molecule has 0 spiro atoms. The van der Waals surface area contributed by atoms with Crippen molar-refractivity contribution in [2.45, 2.75) is 40.1 Å². The topological polar surface area (TPSA) is 57.9 Å². The van der Waals surface area contributed by atoms with Crippen LogP contribution in [0.4, 0.5) is 0 Å². The van der Waals surface area contributed by atoms with E-state index in [0.717, 1.165) is 15.4 Å². The summed E-state index contributed by atoms with van der Waals surface area (Å²) in [5.74, 6) is -0.512. The third-order valence-electron chi connectivity index (χ3n) is 3.92. The number of fused-ring (bicyclic) bond motifs is 1. The summed E-state index contributed by atoms with van der Waals surface area (Å²) in [7, 11) is 0. The van der Waals surface area contributed by atoms with Gasteiger partial charge in [-0.15, -0.1) is 0 Å². The molecule has 0 bridgehead atoms. The van der Waals surface area contributed by atoms with Crippen molar-refractivity contribution >= 4 is 32.9 Å². The van der Waals surface area contributed by atoms with Crippen molar-refractivity contribution in [3.63, 3.8) is 0 Å². The van der Waals surface area contributed by atoms with E-state index in [4.69, 9.17) is 18.6 Å². The van der Waals surface area contributed by atoms with Gasteiger partial charge in [0.2, 0.25) is 0 Å². The second-order valence-electron chi connectivity index (χ2n) is 7.05. The number of esters is 1. The van der Waals surface area contributed by atoms with Gasteiger partial charge < -0.3 is 18.6 Å². The summed E-state index contributed by atoms with van der Waals surface area (Å²) in [6.45, 7) is 8.52. The van der Waals surface area contributed by atoms with Crippen LogP contribution < -0.4 is 0 Å². The van der Waals surface area contributed by atoms with E-state index in [0.29, 0.717) is 24.6 Å². The highest BCUT2D eigenvalue weighted by atomic mass is 79.9. The van der Waals surface area contributed by atoms with Crippen molar-refractivity contribution < 1.29 is 23.4 Å². The highest BCUT2D eigenvalue weighted by molar-refractivity contribution is 9.10. The zero-order chi connectivity index (χ0) is 17.5. The summed E-state index contributed by atoms with van der Waals surface area (Å²) in [5.41, 5.74) is 0.960. The fraction of sp³-hybridized carbons (Fsp3) is 0.500. The molecule has 0 unspecified atom stereocenters. The van der Waals surface area contributed by atoms with Gasteiger partial charge in [-0.1, -0.05) is 15.9 Å². The number of halogens is 1. The number of carbonyl (C=O) groups is 1. The molecular weight excluding hydrogens is 376 g/mol. The Kier molecular flexibility index (Phi) is 4.49. The number of ether oxygens (including phenoxy) is 3. The molecule has 1 aromatic carbocycles. The first-order valence-corrected chi connectivity index (χ1v) is 8.66. The summed E-state index contributed by atoms with van der Waals surface area (Å²) < 4.78 is 23.7. The van der Waals surface area contributed by atoms with Crippen molar-refractivity contribution in [2.75, 3.05) is 13.2 Å². The Morgan fingerprint density at radius 2 is 1.92 bits per heavy atom. The van der Waals surface area contributed by atoms with Crippen LogP contribution >= 0.6 is 15.9 Å². The van der Waals surface area contributed by atoms with Crippen molar-refractivity contribution in [3.8, 4) is 0 Å². The Balaban J connectivity index is 1.92. The van der Waals surface area contributed by atoms with E-state index < -0.39 is 11.2 Å². The van der Waals surface area contributed by atoms with Crippen LogP contribution in [0.25, 0.3) is 11.0 Å². The summed E-state index contributed by atoms with van der Waals surface area (Å²) >= 11 is 3.51. The number of carbonyl (C=O) groups excluding carboxylic acids is 1. The van der Waals surface area contributed by atoms with Crippen LogP contribution in [0.15, 0.2) is 27.1 Å². The predicted octanol–water partition coefficient (Wildman–Crippen LogP) is 4.50. The van der Waals surface area contributed by atoms with Gasteiger partial charge in [0.25, 0.3) is 0 Å². The maximum Gasteiger partial charge on any atom is 0.311 e. The van der Waals surface area contributed by atoms with Crippen molar-refractivity contribution in [1.82, 2.24) is 0 Å². The summed E-state index contributed by atoms with van der Waals surface area (Å²) in [4.78, 5) is 11.9. The molecular formula is C18H21BrO5. The lowest BCUT2D eigenvalue weighted by molar-refractivity contribution is -0.155. The predicted molar refractivity (Wildman–Crippen MR) is 92.4 cm³/mol. The summed E-state index contributed by atoms with van der Waals surface area (Å²) in [5, 5.41) is 0.904. The number of rotatable bonds is 3. The van der Waals surface area contributed by atoms with Gasteiger partial charge in [0.1, 0.15) is 18.0 Å². The van der Waals surface area contributed by atoms with E-state index in [1.807, 2.05) is 45.9 Å². The number of hydrogen-bond acceptors (Lipinski definition) is 5. The minimum atomic E-state index is -0.834. The maximum absolute atomic E-state index is 11.9. The van der Waals surface area contributed by atoms with Crippen LogP contribution in [0.5, 0.6) is 0 Å². The van der Waals surface area contributed by atoms with Gasteiger partial charge in [-0.25, -0.2) is 0 Å². The Morgan fingerprint density at radius 3 is 2.54 bits per heavy atom. The largest absolute Gasteiger partial charge is 0.457 e. The quantitative estimate of drug-likeness (QED) is 0.714. The average Bonchev–Trinajstić information content (AvgIpc) is 3.09. The molecule has 0 amide bonds. The van der Waals surface area contributed by atoms with Crippen LogP contribution in [0.2, 0.25) is 0 Å². The molecule has 1 aliphatic heterocycles. The summed E-state index contributed by atoms with van der Waals surface area (Å²) in [6, 6.07) is 5.76. The third-order valence-corrected chi connectivity index (χ3v) is 4.38. The van der Waals surface area contributed by atoms with E-state index in [9.17, 15) is 4.79 Å². The molecule has 1 fully saturated rings. The monoisotopic (exact) mass is 396 g/mol. The SMILES string of the molecule is CC(C)(C)C(=O)OCc1cc2cc(Br)cc(C3(C)OCCO3)c2o1. The van der Waals surface area contributed by atoms with Crippen LogP contribution in [-0.4, -0.2) is 19.2 Å². The van der Waals surface area contributed by atoms with Gasteiger partial charge in [0, 0.05) is 9.86 Å². The standard InChI is InChI=1S/C18H21BrO5/c1-17(2,3)16(20)21-10-13-8-11-7-12(19)9-14(15(11)24-13)18(4)22-5-6-23-18/h7-9H,5-6,10H2,1-4H3. The molecule has 1 aromatic heterocycles. The molecule has 0 N–H and O–H groups in total. The number of benzene rings is 1. The Hall–Kier alpha value is -1.37. The van der Waals surface area contributed by atoms with E-state index in [2.05, 4.69) is 15.9 Å². The zero-order valence-corrected chi connectivity index (χ0v) is 15.9. The molecule has 6 heteroatoms. The van der Waals surface area contributed by atoms with Crippen LogP contribution in [0, 0.1) is 5.41 Å². The Morgan fingerprint density at radius 1 is 1.25 bits per heavy atom. The maximum atomic E-state index is 11.9. The molecule has 2 heterocycles. The highest BCUT2D eigenvalue weighted by Crippen LogP contribution is 2.39. The van der Waals surface area contributed by atoms with Crippen LogP contribution in [0.3, 0.4) is 0 Å². The number of furan rings is 1. The number of hydrogen-bond donors (Lipinski definition) is 0. The first kappa shape index (κ1) is 17.5. The zero-order valence-electron chi connectivity index (χ0n) is 14.3. The van der Waals surface area contributed by atoms with Crippen LogP contribution in [0.1, 0.15) is 39.0 Å². The minimum absolute atomic E-state index is 0.0975. The van der Waals surface area contributed by atoms with E-state index in [1.165, 1.54) is 0 Å². The summed E-state index contributed by atoms with van der Waals surface area (Å²) in [6.07, 6.45) is 0. The third kappa shape index (κ3) is 3.36. The van der Waals surface area contributed by atoms with Crippen molar-refractivity contribution in [1.29, 1.82) is 0 Å². The fourth-order valence-corrected chi connectivity index (χ4v) is 3.08. The van der Waals surface area contributed by atoms with Crippen LogP contribution in [-0.2, 0) is 31.4 Å². The van der Waals surface area contributed by atoms with E-state index in [1.54, 1.807) is 0 Å². The molecule has 3 rings (SSSR count). The molecule has 0 saturated carbocycles. The lowest BCUT2D eigenvalue weighted by Crippen LogP contribution is -2.22. The molecule has 5 nitrogen and oxygen atoms in total. The second-order valence-corrected chi connectivity index (χ2v) is 7.97. The first-order valence-electron chi connectivity index (χ1n) is 7.87. The Bertz CT molecular complexity index is 766. The highest BCUT2D eigenvalue weighted by Gasteiger charge is 2.36. The first-order chi connectivity index (χ1) is 11.2. The normalized spacial score (nSPS) is 17.4. The van der Waals surface area contributed by atoms with Gasteiger partial charge in [0.05, 0.1) is 24.2 Å². The molecule has 0 aliphatic carbocycles. The Labute approximate surface area is 149 Å². The molecule has 24 heavy (non-hydrogen) atoms. The van der Waals surface area contributed by atoms with Gasteiger partial charge in [-0.3, -0.25) is 4.79 Å². The van der Waals surface area contributed by atoms with E-state index in [-0.39, 0.29) is 12.6 Å². The van der Waals surface area contributed by atoms with Crippen molar-refractivity contribution in [3.05, 3.63) is 34.0 Å². The molecule has 2 aromatic rings. The van der Waals surface area contributed by atoms with Gasteiger partial charge >= 0.3 is 5.97 Å². The molecule has 1 saturated heterocycles. The molecule has 1 aliphatic rings. The second kappa shape index (κ2) is 6.17. The van der Waals surface area contributed by atoms with Gasteiger partial charge in [0.15, 0.2) is 5.79 Å². The smallest absolute Gasteiger partial charge is 0.311 e. The minimum Gasteiger partial charge on any atom is -0.457 e. The van der Waals surface area contributed by atoms with Crippen molar-refractivity contribution in [2.24, 2.45) is 5.41 Å². The fourth-order valence-electron chi connectivity index (χ4n) is 2.60. The average molecular weight is 397 g/mol. The molecule has 130 valence electrons. The lowest BCUT2D eigenvalue weighted by Gasteiger charge is -2.23. The van der Waals surface area contributed by atoms with Gasteiger partial charge in [-0.2, -0.15) is 0 Å². The van der Waals surface area contributed by atoms with Gasteiger partial charge in [-0.05, 0) is 45.9 Å². The van der Waals surface area contributed by atoms with E-state index >= 15 is 0 Å².